The maximum absolute atomic E-state index is 11.2. The van der Waals surface area contributed by atoms with Crippen molar-refractivity contribution in [3.8, 4) is 0 Å². The molecular formula is C10H20N2O2. The normalized spacial score (nSPS) is 22.6. The minimum atomic E-state index is 0.125. The summed E-state index contributed by atoms with van der Waals surface area (Å²) in [4.78, 5) is 13.4. The zero-order valence-electron chi connectivity index (χ0n) is 8.83. The topological polar surface area (TPSA) is 52.6 Å². The summed E-state index contributed by atoms with van der Waals surface area (Å²) in [7, 11) is 0. The Morgan fingerprint density at radius 2 is 2.43 bits per heavy atom. The predicted octanol–water partition coefficient (Wildman–Crippen LogP) is -0.173. The molecule has 1 aliphatic rings. The van der Waals surface area contributed by atoms with Crippen LogP contribution in [0.25, 0.3) is 0 Å². The van der Waals surface area contributed by atoms with Crippen molar-refractivity contribution in [3.05, 3.63) is 0 Å². The Hall–Kier alpha value is -0.610. The molecule has 1 unspecified atom stereocenters. The number of aliphatic hydroxyl groups is 1. The standard InChI is InChI=1S/C10H20N2O2/c1-2-11-10(14)4-6-12-5-3-9(7-12)8-13/h9,13H,2-8H2,1H3,(H,11,14). The van der Waals surface area contributed by atoms with Crippen LogP contribution in [0, 0.1) is 5.92 Å². The lowest BCUT2D eigenvalue weighted by Crippen LogP contribution is -2.29. The number of aliphatic hydroxyl groups excluding tert-OH is 1. The van der Waals surface area contributed by atoms with Crippen LogP contribution in [-0.4, -0.2) is 48.7 Å². The van der Waals surface area contributed by atoms with Gasteiger partial charge in [0.2, 0.25) is 5.91 Å². The van der Waals surface area contributed by atoms with E-state index in [-0.39, 0.29) is 12.5 Å². The zero-order chi connectivity index (χ0) is 10.4. The van der Waals surface area contributed by atoms with Gasteiger partial charge >= 0.3 is 0 Å². The van der Waals surface area contributed by atoms with Gasteiger partial charge in [-0.15, -0.1) is 0 Å². The number of rotatable bonds is 5. The third-order valence-electron chi connectivity index (χ3n) is 2.66. The number of carbonyl (C=O) groups excluding carboxylic acids is 1. The smallest absolute Gasteiger partial charge is 0.221 e. The first-order valence-corrected chi connectivity index (χ1v) is 5.36. The molecule has 1 saturated heterocycles. The van der Waals surface area contributed by atoms with E-state index in [1.165, 1.54) is 0 Å². The van der Waals surface area contributed by atoms with Gasteiger partial charge in [0.1, 0.15) is 0 Å². The van der Waals surface area contributed by atoms with Gasteiger partial charge in [0.15, 0.2) is 0 Å². The highest BCUT2D eigenvalue weighted by atomic mass is 16.3. The van der Waals surface area contributed by atoms with Crippen LogP contribution in [0.15, 0.2) is 0 Å². The molecule has 0 radical (unpaired) electrons. The van der Waals surface area contributed by atoms with Crippen LogP contribution < -0.4 is 5.32 Å². The van der Waals surface area contributed by atoms with Gasteiger partial charge in [-0.05, 0) is 25.8 Å². The molecule has 0 aromatic rings. The molecule has 0 spiro atoms. The number of hydrogen-bond donors (Lipinski definition) is 2. The van der Waals surface area contributed by atoms with Crippen molar-refractivity contribution >= 4 is 5.91 Å². The van der Waals surface area contributed by atoms with Crippen molar-refractivity contribution in [2.75, 3.05) is 32.8 Å². The van der Waals surface area contributed by atoms with E-state index in [1.807, 2.05) is 6.92 Å². The molecule has 0 aliphatic carbocycles. The van der Waals surface area contributed by atoms with Crippen molar-refractivity contribution in [1.29, 1.82) is 0 Å². The lowest BCUT2D eigenvalue weighted by atomic mass is 10.1. The van der Waals surface area contributed by atoms with Crippen LogP contribution in [0.5, 0.6) is 0 Å². The highest BCUT2D eigenvalue weighted by Gasteiger charge is 2.21. The molecule has 14 heavy (non-hydrogen) atoms. The fraction of sp³-hybridized carbons (Fsp3) is 0.900. The molecule has 1 amide bonds. The molecule has 2 N–H and O–H groups in total. The van der Waals surface area contributed by atoms with Gasteiger partial charge in [-0.3, -0.25) is 4.79 Å². The molecule has 1 fully saturated rings. The second-order valence-corrected chi connectivity index (χ2v) is 3.84. The van der Waals surface area contributed by atoms with Crippen molar-refractivity contribution in [1.82, 2.24) is 10.2 Å². The number of likely N-dealkylation sites (tertiary alicyclic amines) is 1. The number of nitrogens with one attached hydrogen (secondary N) is 1. The highest BCUT2D eigenvalue weighted by molar-refractivity contribution is 5.75. The first-order chi connectivity index (χ1) is 6.76. The lowest BCUT2D eigenvalue weighted by molar-refractivity contribution is -0.121. The molecule has 0 aromatic carbocycles. The van der Waals surface area contributed by atoms with E-state index in [0.717, 1.165) is 26.1 Å². The van der Waals surface area contributed by atoms with Crippen molar-refractivity contribution in [3.63, 3.8) is 0 Å². The fourth-order valence-electron chi connectivity index (χ4n) is 1.81. The van der Waals surface area contributed by atoms with Crippen molar-refractivity contribution < 1.29 is 9.90 Å². The third-order valence-corrected chi connectivity index (χ3v) is 2.66. The first kappa shape index (κ1) is 11.5. The van der Waals surface area contributed by atoms with Gasteiger partial charge in [-0.25, -0.2) is 0 Å². The Balaban J connectivity index is 2.11. The average molecular weight is 200 g/mol. The summed E-state index contributed by atoms with van der Waals surface area (Å²) in [6, 6.07) is 0. The van der Waals surface area contributed by atoms with Crippen LogP contribution in [0.1, 0.15) is 19.8 Å². The van der Waals surface area contributed by atoms with Gasteiger partial charge in [-0.2, -0.15) is 0 Å². The predicted molar refractivity (Wildman–Crippen MR) is 54.9 cm³/mol. The molecular weight excluding hydrogens is 180 g/mol. The number of nitrogens with zero attached hydrogens (tertiary/aromatic N) is 1. The Morgan fingerprint density at radius 1 is 1.64 bits per heavy atom. The molecule has 0 aromatic heterocycles. The molecule has 1 aliphatic heterocycles. The van der Waals surface area contributed by atoms with E-state index in [0.29, 0.717) is 18.9 Å². The number of hydrogen-bond acceptors (Lipinski definition) is 3. The molecule has 0 bridgehead atoms. The van der Waals surface area contributed by atoms with Crippen molar-refractivity contribution in [2.24, 2.45) is 5.92 Å². The Morgan fingerprint density at radius 3 is 3.00 bits per heavy atom. The van der Waals surface area contributed by atoms with Gasteiger partial charge in [0.05, 0.1) is 0 Å². The van der Waals surface area contributed by atoms with Crippen LogP contribution in [-0.2, 0) is 4.79 Å². The summed E-state index contributed by atoms with van der Waals surface area (Å²) in [5.74, 6) is 0.546. The molecule has 1 rings (SSSR count). The van der Waals surface area contributed by atoms with Crippen LogP contribution in [0.2, 0.25) is 0 Å². The summed E-state index contributed by atoms with van der Waals surface area (Å²) in [6.07, 6.45) is 1.64. The second kappa shape index (κ2) is 5.98. The highest BCUT2D eigenvalue weighted by Crippen LogP contribution is 2.14. The molecule has 82 valence electrons. The van der Waals surface area contributed by atoms with Gasteiger partial charge in [-0.1, -0.05) is 0 Å². The van der Waals surface area contributed by atoms with E-state index in [2.05, 4.69) is 10.2 Å². The number of amides is 1. The summed E-state index contributed by atoms with van der Waals surface area (Å²) in [5.41, 5.74) is 0. The molecule has 1 atom stereocenters. The Kier molecular flexibility index (Phi) is 4.90. The third kappa shape index (κ3) is 3.64. The molecule has 4 nitrogen and oxygen atoms in total. The largest absolute Gasteiger partial charge is 0.396 e. The Bertz CT molecular complexity index is 185. The summed E-state index contributed by atoms with van der Waals surface area (Å²) >= 11 is 0. The van der Waals surface area contributed by atoms with E-state index in [9.17, 15) is 4.79 Å². The van der Waals surface area contributed by atoms with Gasteiger partial charge < -0.3 is 15.3 Å². The SMILES string of the molecule is CCNC(=O)CCN1CCC(CO)C1. The van der Waals surface area contributed by atoms with Crippen molar-refractivity contribution in [2.45, 2.75) is 19.8 Å². The van der Waals surface area contributed by atoms with E-state index >= 15 is 0 Å². The summed E-state index contributed by atoms with van der Waals surface area (Å²) in [6.45, 7) is 5.69. The molecule has 0 saturated carbocycles. The minimum Gasteiger partial charge on any atom is -0.396 e. The minimum absolute atomic E-state index is 0.125. The Labute approximate surface area is 85.3 Å². The summed E-state index contributed by atoms with van der Waals surface area (Å²) in [5, 5.41) is 11.7. The van der Waals surface area contributed by atoms with E-state index in [4.69, 9.17) is 5.11 Å². The maximum atomic E-state index is 11.2. The molecule has 1 heterocycles. The van der Waals surface area contributed by atoms with Crippen LogP contribution >= 0.6 is 0 Å². The average Bonchev–Trinajstić information content (AvgIpc) is 2.63. The summed E-state index contributed by atoms with van der Waals surface area (Å²) < 4.78 is 0. The quantitative estimate of drug-likeness (QED) is 0.647. The molecule has 4 heteroatoms. The maximum Gasteiger partial charge on any atom is 0.221 e. The first-order valence-electron chi connectivity index (χ1n) is 5.36. The second-order valence-electron chi connectivity index (χ2n) is 3.84. The van der Waals surface area contributed by atoms with Crippen LogP contribution in [0.3, 0.4) is 0 Å². The lowest BCUT2D eigenvalue weighted by Gasteiger charge is -2.14. The van der Waals surface area contributed by atoms with Gasteiger partial charge in [0, 0.05) is 32.7 Å². The van der Waals surface area contributed by atoms with Gasteiger partial charge in [0.25, 0.3) is 0 Å². The van der Waals surface area contributed by atoms with E-state index < -0.39 is 0 Å². The van der Waals surface area contributed by atoms with Crippen LogP contribution in [0.4, 0.5) is 0 Å². The zero-order valence-corrected chi connectivity index (χ0v) is 8.83. The van der Waals surface area contributed by atoms with E-state index in [1.54, 1.807) is 0 Å². The number of carbonyl (C=O) groups is 1. The monoisotopic (exact) mass is 200 g/mol. The fourth-order valence-corrected chi connectivity index (χ4v) is 1.81.